The average Bonchev–Trinajstić information content (AvgIpc) is 3.47. The van der Waals surface area contributed by atoms with E-state index in [-0.39, 0.29) is 41.7 Å². The first-order chi connectivity index (χ1) is 22.6. The second-order valence-corrected chi connectivity index (χ2v) is 13.9. The predicted octanol–water partition coefficient (Wildman–Crippen LogP) is 6.74. The van der Waals surface area contributed by atoms with Crippen LogP contribution in [0.2, 0.25) is 0 Å². The summed E-state index contributed by atoms with van der Waals surface area (Å²) in [6, 6.07) is 17.3. The molecule has 0 spiro atoms. The van der Waals surface area contributed by atoms with Crippen molar-refractivity contribution >= 4 is 33.4 Å². The number of hydrogen-bond donors (Lipinski definition) is 2. The summed E-state index contributed by atoms with van der Waals surface area (Å²) in [6.07, 6.45) is 5.58. The predicted molar refractivity (Wildman–Crippen MR) is 184 cm³/mol. The Bertz CT molecular complexity index is 1900. The van der Waals surface area contributed by atoms with Gasteiger partial charge in [0.05, 0.1) is 23.9 Å². The molecule has 11 nitrogen and oxygen atoms in total. The SMILES string of the molecule is CC[C@@H]1CN(Cc2cc([C@H](CC(=O)N(C)c3cccnc3)c3ccc4c(nnn4CC)c3C)ccc2C)S(O)(O)c2cccnc2O1. The summed E-state index contributed by atoms with van der Waals surface area (Å²) in [5, 5.41) is 8.83. The molecular formula is C35H41N7O4S. The quantitative estimate of drug-likeness (QED) is 0.177. The van der Waals surface area contributed by atoms with Gasteiger partial charge in [-0.3, -0.25) is 18.9 Å². The molecule has 0 bridgehead atoms. The zero-order valence-electron chi connectivity index (χ0n) is 27.4. The van der Waals surface area contributed by atoms with Gasteiger partial charge in [0.25, 0.3) is 0 Å². The normalized spacial score (nSPS) is 17.4. The Morgan fingerprint density at radius 1 is 1.11 bits per heavy atom. The molecule has 2 N–H and O–H groups in total. The third kappa shape index (κ3) is 6.33. The molecule has 4 heterocycles. The molecule has 5 aromatic rings. The number of hydrogen-bond acceptors (Lipinski definition) is 9. The van der Waals surface area contributed by atoms with Crippen molar-refractivity contribution in [3.05, 3.63) is 101 Å². The number of anilines is 1. The Morgan fingerprint density at radius 3 is 2.66 bits per heavy atom. The van der Waals surface area contributed by atoms with Crippen LogP contribution in [-0.4, -0.2) is 64.0 Å². The van der Waals surface area contributed by atoms with Gasteiger partial charge in [0.2, 0.25) is 11.8 Å². The summed E-state index contributed by atoms with van der Waals surface area (Å²) in [6.45, 7) is 9.39. The molecule has 6 rings (SSSR count). The fraction of sp³-hybridized carbons (Fsp3) is 0.343. The first kappa shape index (κ1) is 32.6. The maximum absolute atomic E-state index is 13.9. The molecule has 2 aromatic carbocycles. The van der Waals surface area contributed by atoms with Crippen molar-refractivity contribution in [1.82, 2.24) is 29.3 Å². The maximum Gasteiger partial charge on any atom is 0.239 e. The second kappa shape index (κ2) is 13.4. The highest BCUT2D eigenvalue weighted by molar-refractivity contribution is 8.22. The van der Waals surface area contributed by atoms with E-state index in [1.807, 2.05) is 56.6 Å². The molecule has 2 atom stereocenters. The fourth-order valence-corrected chi connectivity index (χ4v) is 7.75. The van der Waals surface area contributed by atoms with Crippen LogP contribution in [0.3, 0.4) is 0 Å². The molecule has 0 saturated carbocycles. The van der Waals surface area contributed by atoms with E-state index in [0.29, 0.717) is 25.2 Å². The minimum Gasteiger partial charge on any atom is -0.472 e. The summed E-state index contributed by atoms with van der Waals surface area (Å²) in [7, 11) is -1.63. The van der Waals surface area contributed by atoms with Crippen molar-refractivity contribution < 1.29 is 18.6 Å². The van der Waals surface area contributed by atoms with Crippen LogP contribution in [-0.2, 0) is 17.9 Å². The van der Waals surface area contributed by atoms with Crippen molar-refractivity contribution in [2.24, 2.45) is 0 Å². The van der Waals surface area contributed by atoms with Gasteiger partial charge in [-0.15, -0.1) is 15.9 Å². The summed E-state index contributed by atoms with van der Waals surface area (Å²) >= 11 is 0. The number of pyridine rings is 2. The molecule has 1 amide bonds. The molecule has 0 saturated heterocycles. The Morgan fingerprint density at radius 2 is 1.91 bits per heavy atom. The standard InChI is InChI=1S/C35H41N7O4S/c1-6-28-22-41(47(44,45)32-11-9-17-37-35(32)46-28)21-26-18-25(13-12-23(26)3)30(19-33(43)40(5)27-10-8-16-36-20-27)29-14-15-31-34(24(29)4)38-39-42(31)7-2/h8-18,20,28,30,44-45H,6-7,19,21-22H2,1-5H3/t28-,30+/m1/s1. The van der Waals surface area contributed by atoms with Crippen molar-refractivity contribution in [2.75, 3.05) is 18.5 Å². The van der Waals surface area contributed by atoms with Gasteiger partial charge in [0.1, 0.15) is 16.5 Å². The number of amides is 1. The summed E-state index contributed by atoms with van der Waals surface area (Å²) in [5.74, 6) is -0.108. The van der Waals surface area contributed by atoms with Crippen LogP contribution in [0.15, 0.2) is 78.1 Å². The number of nitrogens with zero attached hydrogens (tertiary/aromatic N) is 7. The van der Waals surface area contributed by atoms with Gasteiger partial charge in [-0.2, -0.15) is 4.31 Å². The number of benzene rings is 2. The molecule has 0 fully saturated rings. The lowest BCUT2D eigenvalue weighted by atomic mass is 9.84. The number of aromatic nitrogens is 5. The molecule has 3 aromatic heterocycles. The highest BCUT2D eigenvalue weighted by Crippen LogP contribution is 2.57. The van der Waals surface area contributed by atoms with Gasteiger partial charge < -0.3 is 9.64 Å². The number of carbonyl (C=O) groups excluding carboxylic acids is 1. The minimum absolute atomic E-state index is 0.0597. The van der Waals surface area contributed by atoms with E-state index in [1.54, 1.807) is 47.0 Å². The Labute approximate surface area is 276 Å². The zero-order chi connectivity index (χ0) is 33.3. The van der Waals surface area contributed by atoms with Gasteiger partial charge in [-0.25, -0.2) is 9.67 Å². The first-order valence-electron chi connectivity index (χ1n) is 15.9. The summed E-state index contributed by atoms with van der Waals surface area (Å²) in [4.78, 5) is 24.3. The van der Waals surface area contributed by atoms with Gasteiger partial charge in [0.15, 0.2) is 0 Å². The van der Waals surface area contributed by atoms with Gasteiger partial charge >= 0.3 is 0 Å². The van der Waals surface area contributed by atoms with Crippen LogP contribution in [0.25, 0.3) is 11.0 Å². The molecule has 12 heteroatoms. The number of carbonyl (C=O) groups is 1. The van der Waals surface area contributed by atoms with Crippen LogP contribution >= 0.6 is 10.8 Å². The second-order valence-electron chi connectivity index (χ2n) is 12.0. The number of aryl methyl sites for hydroxylation is 3. The molecular weight excluding hydrogens is 614 g/mol. The molecule has 0 radical (unpaired) electrons. The summed E-state index contributed by atoms with van der Waals surface area (Å²) in [5.41, 5.74) is 7.31. The van der Waals surface area contributed by atoms with Crippen LogP contribution in [0.5, 0.6) is 5.88 Å². The smallest absolute Gasteiger partial charge is 0.239 e. The van der Waals surface area contributed by atoms with E-state index < -0.39 is 10.8 Å². The van der Waals surface area contributed by atoms with E-state index in [9.17, 15) is 13.9 Å². The Kier molecular flexibility index (Phi) is 9.29. The highest BCUT2D eigenvalue weighted by atomic mass is 32.3. The average molecular weight is 656 g/mol. The molecule has 0 aliphatic carbocycles. The molecule has 47 heavy (non-hydrogen) atoms. The maximum atomic E-state index is 13.9. The van der Waals surface area contributed by atoms with E-state index in [1.165, 1.54) is 0 Å². The monoisotopic (exact) mass is 655 g/mol. The molecule has 1 aliphatic heterocycles. The van der Waals surface area contributed by atoms with Crippen LogP contribution in [0.4, 0.5) is 5.69 Å². The Hall–Kier alpha value is -4.36. The van der Waals surface area contributed by atoms with Gasteiger partial charge in [0, 0.05) is 44.9 Å². The summed E-state index contributed by atoms with van der Waals surface area (Å²) < 4.78 is 32.9. The lowest BCUT2D eigenvalue weighted by Crippen LogP contribution is -2.34. The van der Waals surface area contributed by atoms with E-state index in [4.69, 9.17) is 4.74 Å². The lowest BCUT2D eigenvalue weighted by molar-refractivity contribution is -0.118. The van der Waals surface area contributed by atoms with E-state index in [2.05, 4.69) is 38.5 Å². The number of rotatable bonds is 9. The largest absolute Gasteiger partial charge is 0.472 e. The number of fused-ring (bicyclic) bond motifs is 2. The van der Waals surface area contributed by atoms with Crippen molar-refractivity contribution in [3.8, 4) is 5.88 Å². The van der Waals surface area contributed by atoms with Crippen LogP contribution in [0.1, 0.15) is 60.4 Å². The third-order valence-corrected chi connectivity index (χ3v) is 11.0. The van der Waals surface area contributed by atoms with Crippen LogP contribution < -0.4 is 9.64 Å². The minimum atomic E-state index is -3.39. The third-order valence-electron chi connectivity index (χ3n) is 9.10. The molecule has 246 valence electrons. The Balaban J connectivity index is 1.41. The highest BCUT2D eigenvalue weighted by Gasteiger charge is 2.36. The van der Waals surface area contributed by atoms with Crippen LogP contribution in [0, 0.1) is 13.8 Å². The van der Waals surface area contributed by atoms with Crippen molar-refractivity contribution in [2.45, 2.75) is 70.5 Å². The topological polar surface area (TPSA) is 130 Å². The number of ether oxygens (including phenoxy) is 1. The van der Waals surface area contributed by atoms with Crippen molar-refractivity contribution in [3.63, 3.8) is 0 Å². The van der Waals surface area contributed by atoms with E-state index >= 15 is 0 Å². The lowest BCUT2D eigenvalue weighted by Gasteiger charge is -2.41. The van der Waals surface area contributed by atoms with E-state index in [0.717, 1.165) is 38.9 Å². The van der Waals surface area contributed by atoms with Gasteiger partial charge in [-0.05, 0) is 85.3 Å². The van der Waals surface area contributed by atoms with Crippen molar-refractivity contribution in [1.29, 1.82) is 0 Å². The van der Waals surface area contributed by atoms with Gasteiger partial charge in [-0.1, -0.05) is 36.4 Å². The zero-order valence-corrected chi connectivity index (χ0v) is 28.2. The molecule has 0 unspecified atom stereocenters. The first-order valence-corrected chi connectivity index (χ1v) is 17.4. The fourth-order valence-electron chi connectivity index (χ4n) is 6.18. The molecule has 1 aliphatic rings.